The van der Waals surface area contributed by atoms with E-state index in [2.05, 4.69) is 63.5 Å². The Morgan fingerprint density at radius 2 is 2.05 bits per heavy atom. The van der Waals surface area contributed by atoms with Gasteiger partial charge < -0.3 is 5.32 Å². The second-order valence-electron chi connectivity index (χ2n) is 5.63. The topological polar surface area (TPSA) is 24.9 Å². The van der Waals surface area contributed by atoms with Crippen molar-refractivity contribution in [3.8, 4) is 0 Å². The second kappa shape index (κ2) is 6.51. The third-order valence-electron chi connectivity index (χ3n) is 3.47. The lowest BCUT2D eigenvalue weighted by molar-refractivity contribution is 0.680. The maximum Gasteiger partial charge on any atom is 0.101 e. The lowest BCUT2D eigenvalue weighted by Crippen LogP contribution is -2.15. The van der Waals surface area contributed by atoms with Gasteiger partial charge in [-0.05, 0) is 68.1 Å². The summed E-state index contributed by atoms with van der Waals surface area (Å²) >= 11 is 5.33. The van der Waals surface area contributed by atoms with Crippen molar-refractivity contribution in [1.82, 2.24) is 10.3 Å². The van der Waals surface area contributed by atoms with Crippen LogP contribution in [0.5, 0.6) is 0 Å². The van der Waals surface area contributed by atoms with Gasteiger partial charge in [-0.1, -0.05) is 27.7 Å². The minimum Gasteiger partial charge on any atom is -0.310 e. The van der Waals surface area contributed by atoms with Gasteiger partial charge in [-0.2, -0.15) is 0 Å². The van der Waals surface area contributed by atoms with Gasteiger partial charge in [0.2, 0.25) is 0 Å². The van der Waals surface area contributed by atoms with Crippen LogP contribution in [-0.2, 0) is 6.54 Å². The average molecular weight is 363 g/mol. The molecule has 1 aromatic heterocycles. The molecule has 0 amide bonds. The molecule has 0 spiro atoms. The van der Waals surface area contributed by atoms with Crippen molar-refractivity contribution in [2.75, 3.05) is 0 Å². The highest BCUT2D eigenvalue weighted by Crippen LogP contribution is 2.32. The molecule has 1 aromatic carbocycles. The molecule has 110 valence electrons. The number of hydrogen-bond acceptors (Lipinski definition) is 3. The van der Waals surface area contributed by atoms with Crippen LogP contribution < -0.4 is 5.32 Å². The van der Waals surface area contributed by atoms with Crippen LogP contribution in [0.15, 0.2) is 44.7 Å². The van der Waals surface area contributed by atoms with Crippen LogP contribution in [0, 0.1) is 13.8 Å². The third kappa shape index (κ3) is 4.31. The number of halogens is 1. The molecule has 1 saturated carbocycles. The van der Waals surface area contributed by atoms with Crippen molar-refractivity contribution in [2.24, 2.45) is 0 Å². The molecule has 1 heterocycles. The minimum absolute atomic E-state index is 0.723. The normalized spacial score (nSPS) is 14.4. The zero-order valence-electron chi connectivity index (χ0n) is 12.3. The molecule has 0 atom stereocenters. The van der Waals surface area contributed by atoms with Crippen molar-refractivity contribution >= 4 is 27.7 Å². The van der Waals surface area contributed by atoms with Gasteiger partial charge in [-0.15, -0.1) is 0 Å². The lowest BCUT2D eigenvalue weighted by Gasteiger charge is -2.11. The molecule has 0 aliphatic heterocycles. The van der Waals surface area contributed by atoms with E-state index in [0.29, 0.717) is 0 Å². The molecule has 1 N–H and O–H groups in total. The summed E-state index contributed by atoms with van der Waals surface area (Å²) in [5.74, 6) is 0. The molecule has 2 aromatic rings. The molecule has 0 bridgehead atoms. The van der Waals surface area contributed by atoms with Crippen LogP contribution in [0.2, 0.25) is 0 Å². The molecule has 21 heavy (non-hydrogen) atoms. The molecule has 0 radical (unpaired) electrons. The van der Waals surface area contributed by atoms with Crippen molar-refractivity contribution in [3.05, 3.63) is 51.6 Å². The number of hydrogen-bond donors (Lipinski definition) is 1. The summed E-state index contributed by atoms with van der Waals surface area (Å²) in [5.41, 5.74) is 3.68. The monoisotopic (exact) mass is 362 g/mol. The van der Waals surface area contributed by atoms with E-state index in [-0.39, 0.29) is 0 Å². The van der Waals surface area contributed by atoms with Gasteiger partial charge in [-0.25, -0.2) is 4.98 Å². The lowest BCUT2D eigenvalue weighted by atomic mass is 10.2. The number of nitrogens with one attached hydrogen (secondary N) is 1. The highest BCUT2D eigenvalue weighted by molar-refractivity contribution is 9.10. The molecule has 1 fully saturated rings. The van der Waals surface area contributed by atoms with Crippen LogP contribution in [0.3, 0.4) is 0 Å². The molecule has 3 rings (SSSR count). The summed E-state index contributed by atoms with van der Waals surface area (Å²) < 4.78 is 1.13. The molecular formula is C17H19BrN2S. The zero-order chi connectivity index (χ0) is 14.8. The van der Waals surface area contributed by atoms with Gasteiger partial charge >= 0.3 is 0 Å². The Labute approximate surface area is 138 Å². The fourth-order valence-electron chi connectivity index (χ4n) is 2.30. The number of rotatable bonds is 5. The van der Waals surface area contributed by atoms with E-state index < -0.39 is 0 Å². The molecule has 1 aliphatic rings. The van der Waals surface area contributed by atoms with Gasteiger partial charge in [0.25, 0.3) is 0 Å². The van der Waals surface area contributed by atoms with E-state index >= 15 is 0 Å². The predicted molar refractivity (Wildman–Crippen MR) is 91.8 cm³/mol. The van der Waals surface area contributed by atoms with Gasteiger partial charge in [0.15, 0.2) is 0 Å². The Kier molecular flexibility index (Phi) is 4.67. The fourth-order valence-corrected chi connectivity index (χ4v) is 3.76. The Hall–Kier alpha value is -0.840. The Balaban J connectivity index is 1.82. The average Bonchev–Trinajstić information content (AvgIpc) is 3.22. The first-order valence-electron chi connectivity index (χ1n) is 7.25. The first-order chi connectivity index (χ1) is 10.1. The number of benzene rings is 1. The molecule has 1 aliphatic carbocycles. The van der Waals surface area contributed by atoms with Crippen LogP contribution >= 0.6 is 27.7 Å². The molecular weight excluding hydrogens is 344 g/mol. The minimum atomic E-state index is 0.723. The van der Waals surface area contributed by atoms with Crippen LogP contribution in [-0.4, -0.2) is 11.0 Å². The SMILES string of the molecule is Cc1cc(C)nc(Sc2ccc(Br)cc2CNC2CC2)c1. The molecule has 4 heteroatoms. The summed E-state index contributed by atoms with van der Waals surface area (Å²) in [6.45, 7) is 5.10. The van der Waals surface area contributed by atoms with Gasteiger partial charge in [0, 0.05) is 27.6 Å². The van der Waals surface area contributed by atoms with Gasteiger partial charge in [-0.3, -0.25) is 0 Å². The Morgan fingerprint density at radius 1 is 1.24 bits per heavy atom. The van der Waals surface area contributed by atoms with Gasteiger partial charge in [0.1, 0.15) is 5.03 Å². The van der Waals surface area contributed by atoms with Crippen LogP contribution in [0.4, 0.5) is 0 Å². The van der Waals surface area contributed by atoms with Gasteiger partial charge in [0.05, 0.1) is 0 Å². The zero-order valence-corrected chi connectivity index (χ0v) is 14.7. The quantitative estimate of drug-likeness (QED) is 0.821. The van der Waals surface area contributed by atoms with Crippen molar-refractivity contribution < 1.29 is 0 Å². The number of nitrogens with zero attached hydrogens (tertiary/aromatic N) is 1. The summed E-state index contributed by atoms with van der Waals surface area (Å²) in [6.07, 6.45) is 2.63. The van der Waals surface area contributed by atoms with Crippen LogP contribution in [0.1, 0.15) is 29.7 Å². The smallest absolute Gasteiger partial charge is 0.101 e. The predicted octanol–water partition coefficient (Wildman–Crippen LogP) is 4.86. The number of aromatic nitrogens is 1. The largest absolute Gasteiger partial charge is 0.310 e. The van der Waals surface area contributed by atoms with Crippen LogP contribution in [0.25, 0.3) is 0 Å². The Morgan fingerprint density at radius 3 is 2.76 bits per heavy atom. The number of pyridine rings is 1. The maximum atomic E-state index is 4.63. The highest BCUT2D eigenvalue weighted by atomic mass is 79.9. The van der Waals surface area contributed by atoms with Crippen molar-refractivity contribution in [2.45, 2.75) is 49.2 Å². The van der Waals surface area contributed by atoms with E-state index in [1.807, 2.05) is 6.92 Å². The highest BCUT2D eigenvalue weighted by Gasteiger charge is 2.20. The third-order valence-corrected chi connectivity index (χ3v) is 5.00. The van der Waals surface area contributed by atoms with E-state index in [9.17, 15) is 0 Å². The summed E-state index contributed by atoms with van der Waals surface area (Å²) in [6, 6.07) is 11.5. The van der Waals surface area contributed by atoms with E-state index in [4.69, 9.17) is 0 Å². The van der Waals surface area contributed by atoms with E-state index in [0.717, 1.165) is 27.8 Å². The maximum absolute atomic E-state index is 4.63. The van der Waals surface area contributed by atoms with Crippen molar-refractivity contribution in [3.63, 3.8) is 0 Å². The summed E-state index contributed by atoms with van der Waals surface area (Å²) in [4.78, 5) is 5.91. The molecule has 0 unspecified atom stereocenters. The first kappa shape index (κ1) is 15.1. The fraction of sp³-hybridized carbons (Fsp3) is 0.353. The standard InChI is InChI=1S/C17H19BrN2S/c1-11-7-12(2)20-17(8-11)21-16-6-3-14(18)9-13(16)10-19-15-4-5-15/h3,6-9,15,19H,4-5,10H2,1-2H3. The van der Waals surface area contributed by atoms with E-state index in [1.165, 1.54) is 28.9 Å². The van der Waals surface area contributed by atoms with E-state index in [1.54, 1.807) is 11.8 Å². The number of aryl methyl sites for hydroxylation is 2. The van der Waals surface area contributed by atoms with Crippen molar-refractivity contribution in [1.29, 1.82) is 0 Å². The first-order valence-corrected chi connectivity index (χ1v) is 8.86. The molecule has 2 nitrogen and oxygen atoms in total. The summed E-state index contributed by atoms with van der Waals surface area (Å²) in [5, 5.41) is 4.67. The summed E-state index contributed by atoms with van der Waals surface area (Å²) in [7, 11) is 0. The molecule has 0 saturated heterocycles. The second-order valence-corrected chi connectivity index (χ2v) is 7.61. The Bertz CT molecular complexity index is 633.